The van der Waals surface area contributed by atoms with E-state index < -0.39 is 0 Å². The van der Waals surface area contributed by atoms with Crippen LogP contribution in [0.5, 0.6) is 0 Å². The minimum absolute atomic E-state index is 0. The van der Waals surface area contributed by atoms with Gasteiger partial charge >= 0.3 is 0 Å². The fourth-order valence-electron chi connectivity index (χ4n) is 3.24. The molecule has 2 N–H and O–H groups in total. The molecule has 3 rings (SSSR count). The zero-order chi connectivity index (χ0) is 19.6. The number of rotatable bonds is 7. The molecule has 1 fully saturated rings. The summed E-state index contributed by atoms with van der Waals surface area (Å²) in [7, 11) is 0. The van der Waals surface area contributed by atoms with Gasteiger partial charge in [0.1, 0.15) is 5.82 Å². The van der Waals surface area contributed by atoms with Crippen LogP contribution < -0.4 is 15.5 Å². The molecule has 0 radical (unpaired) electrons. The van der Waals surface area contributed by atoms with E-state index in [1.165, 1.54) is 5.56 Å². The van der Waals surface area contributed by atoms with Crippen LogP contribution in [0.15, 0.2) is 53.7 Å². The zero-order valence-corrected chi connectivity index (χ0v) is 19.6. The first-order valence-electron chi connectivity index (χ1n) is 10.1. The molecule has 0 saturated carbocycles. The fourth-order valence-corrected chi connectivity index (χ4v) is 3.24. The third-order valence-corrected chi connectivity index (χ3v) is 4.69. The normalized spacial score (nSPS) is 16.8. The van der Waals surface area contributed by atoms with Crippen molar-refractivity contribution in [2.45, 2.75) is 32.9 Å². The summed E-state index contributed by atoms with van der Waals surface area (Å²) in [5, 5.41) is 6.74. The van der Waals surface area contributed by atoms with Gasteiger partial charge < -0.3 is 20.3 Å². The van der Waals surface area contributed by atoms with Crippen LogP contribution in [0.2, 0.25) is 0 Å². The maximum atomic E-state index is 5.63. The summed E-state index contributed by atoms with van der Waals surface area (Å²) in [6, 6.07) is 14.7. The zero-order valence-electron chi connectivity index (χ0n) is 17.3. The van der Waals surface area contributed by atoms with Gasteiger partial charge in [0.05, 0.1) is 19.3 Å². The fraction of sp³-hybridized carbons (Fsp3) is 0.455. The van der Waals surface area contributed by atoms with Gasteiger partial charge in [-0.05, 0) is 43.5 Å². The van der Waals surface area contributed by atoms with Crippen molar-refractivity contribution in [1.82, 2.24) is 15.6 Å². The molecule has 1 unspecified atom stereocenters. The Balaban J connectivity index is 0.00000300. The van der Waals surface area contributed by atoms with Crippen molar-refractivity contribution >= 4 is 35.8 Å². The van der Waals surface area contributed by atoms with Gasteiger partial charge in [0, 0.05) is 32.4 Å². The number of benzene rings is 1. The highest BCUT2D eigenvalue weighted by molar-refractivity contribution is 14.0. The number of morpholine rings is 1. The number of guanidine groups is 1. The van der Waals surface area contributed by atoms with Crippen LogP contribution in [-0.2, 0) is 17.7 Å². The average molecular weight is 509 g/mol. The van der Waals surface area contributed by atoms with Gasteiger partial charge in [-0.3, -0.25) is 0 Å². The van der Waals surface area contributed by atoms with Gasteiger partial charge in [-0.25, -0.2) is 9.98 Å². The van der Waals surface area contributed by atoms with Crippen molar-refractivity contribution in [3.05, 3.63) is 59.8 Å². The number of nitrogens with one attached hydrogen (secondary N) is 2. The van der Waals surface area contributed by atoms with E-state index in [-0.39, 0.29) is 30.1 Å². The van der Waals surface area contributed by atoms with Crippen molar-refractivity contribution in [3.63, 3.8) is 0 Å². The van der Waals surface area contributed by atoms with Gasteiger partial charge in [0.25, 0.3) is 0 Å². The molecule has 6 nitrogen and oxygen atoms in total. The van der Waals surface area contributed by atoms with Crippen molar-refractivity contribution in [3.8, 4) is 0 Å². The Bertz CT molecular complexity index is 756. The number of hydrogen-bond acceptors (Lipinski definition) is 4. The summed E-state index contributed by atoms with van der Waals surface area (Å²) in [5.74, 6) is 1.85. The number of ether oxygens (including phenoxy) is 1. The van der Waals surface area contributed by atoms with E-state index in [0.29, 0.717) is 6.54 Å². The number of pyridine rings is 1. The van der Waals surface area contributed by atoms with Gasteiger partial charge in [0.2, 0.25) is 0 Å². The number of aromatic nitrogens is 1. The van der Waals surface area contributed by atoms with E-state index in [4.69, 9.17) is 9.73 Å². The van der Waals surface area contributed by atoms with Crippen LogP contribution in [0.4, 0.5) is 5.82 Å². The molecule has 0 amide bonds. The standard InChI is InChI=1S/C22H31N5O.HI/c1-3-23-22(25-12-9-19-7-5-4-6-8-19)26-16-20-10-11-24-21(15-20)27-13-14-28-18(2)17-27;/h4-8,10-11,15,18H,3,9,12-14,16-17H2,1-2H3,(H2,23,25,26);1H. The molecular formula is C22H32IN5O. The molecule has 2 heterocycles. The molecule has 1 aromatic carbocycles. The Kier molecular flexibility index (Phi) is 10.2. The lowest BCUT2D eigenvalue weighted by Gasteiger charge is -2.32. The quantitative estimate of drug-likeness (QED) is 0.341. The minimum Gasteiger partial charge on any atom is -0.375 e. The molecular weight excluding hydrogens is 477 g/mol. The Morgan fingerprint density at radius 3 is 2.79 bits per heavy atom. The Morgan fingerprint density at radius 2 is 2.03 bits per heavy atom. The second-order valence-electron chi connectivity index (χ2n) is 7.01. The molecule has 0 bridgehead atoms. The van der Waals surface area contributed by atoms with Crippen LogP contribution in [0.1, 0.15) is 25.0 Å². The van der Waals surface area contributed by atoms with Crippen LogP contribution in [0, 0.1) is 0 Å². The van der Waals surface area contributed by atoms with Gasteiger partial charge in [-0.2, -0.15) is 0 Å². The molecule has 158 valence electrons. The monoisotopic (exact) mass is 509 g/mol. The highest BCUT2D eigenvalue weighted by Gasteiger charge is 2.17. The first kappa shape index (κ1) is 23.4. The lowest BCUT2D eigenvalue weighted by atomic mass is 10.1. The molecule has 2 aromatic rings. The summed E-state index contributed by atoms with van der Waals surface area (Å²) in [4.78, 5) is 11.6. The van der Waals surface area contributed by atoms with Gasteiger partial charge in [-0.15, -0.1) is 24.0 Å². The summed E-state index contributed by atoms with van der Waals surface area (Å²) in [6.07, 6.45) is 3.09. The van der Waals surface area contributed by atoms with E-state index in [2.05, 4.69) is 64.7 Å². The molecule has 0 spiro atoms. The van der Waals surface area contributed by atoms with Crippen molar-refractivity contribution in [1.29, 1.82) is 0 Å². The third-order valence-electron chi connectivity index (χ3n) is 4.69. The van der Waals surface area contributed by atoms with Crippen molar-refractivity contribution in [2.75, 3.05) is 37.7 Å². The van der Waals surface area contributed by atoms with E-state index in [1.807, 2.05) is 18.3 Å². The van der Waals surface area contributed by atoms with Crippen molar-refractivity contribution in [2.24, 2.45) is 4.99 Å². The SMILES string of the molecule is CCNC(=NCc1ccnc(N2CCOC(C)C2)c1)NCCc1ccccc1.I. The molecule has 1 aliphatic rings. The molecule has 1 aromatic heterocycles. The predicted octanol–water partition coefficient (Wildman–Crippen LogP) is 3.22. The van der Waals surface area contributed by atoms with E-state index in [0.717, 1.165) is 56.5 Å². The topological polar surface area (TPSA) is 61.8 Å². The average Bonchev–Trinajstić information content (AvgIpc) is 2.73. The number of anilines is 1. The maximum Gasteiger partial charge on any atom is 0.191 e. The molecule has 1 atom stereocenters. The highest BCUT2D eigenvalue weighted by atomic mass is 127. The summed E-state index contributed by atoms with van der Waals surface area (Å²) in [5.41, 5.74) is 2.48. The largest absolute Gasteiger partial charge is 0.375 e. The number of halogens is 1. The Hall–Kier alpha value is -1.87. The lowest BCUT2D eigenvalue weighted by Crippen LogP contribution is -2.41. The Morgan fingerprint density at radius 1 is 1.21 bits per heavy atom. The summed E-state index contributed by atoms with van der Waals surface area (Å²) in [6.45, 7) is 9.00. The summed E-state index contributed by atoms with van der Waals surface area (Å²) < 4.78 is 5.63. The lowest BCUT2D eigenvalue weighted by molar-refractivity contribution is 0.0529. The van der Waals surface area contributed by atoms with E-state index in [9.17, 15) is 0 Å². The molecule has 29 heavy (non-hydrogen) atoms. The van der Waals surface area contributed by atoms with E-state index >= 15 is 0 Å². The van der Waals surface area contributed by atoms with Crippen LogP contribution in [-0.4, -0.2) is 49.8 Å². The smallest absolute Gasteiger partial charge is 0.191 e. The summed E-state index contributed by atoms with van der Waals surface area (Å²) >= 11 is 0. The van der Waals surface area contributed by atoms with Gasteiger partial charge in [-0.1, -0.05) is 30.3 Å². The number of aliphatic imine (C=N–C) groups is 1. The predicted molar refractivity (Wildman–Crippen MR) is 130 cm³/mol. The third kappa shape index (κ3) is 7.81. The Labute approximate surface area is 191 Å². The van der Waals surface area contributed by atoms with Crippen LogP contribution >= 0.6 is 24.0 Å². The minimum atomic E-state index is 0. The molecule has 0 aliphatic carbocycles. The first-order valence-corrected chi connectivity index (χ1v) is 10.1. The number of hydrogen-bond donors (Lipinski definition) is 2. The molecule has 7 heteroatoms. The molecule has 1 aliphatic heterocycles. The second-order valence-corrected chi connectivity index (χ2v) is 7.01. The maximum absolute atomic E-state index is 5.63. The number of nitrogens with zero attached hydrogens (tertiary/aromatic N) is 3. The second kappa shape index (κ2) is 12.6. The highest BCUT2D eigenvalue weighted by Crippen LogP contribution is 2.16. The van der Waals surface area contributed by atoms with Crippen molar-refractivity contribution < 1.29 is 4.74 Å². The van der Waals surface area contributed by atoms with Gasteiger partial charge in [0.15, 0.2) is 5.96 Å². The molecule has 1 saturated heterocycles. The first-order chi connectivity index (χ1) is 13.7. The van der Waals surface area contributed by atoms with E-state index in [1.54, 1.807) is 0 Å². The van der Waals surface area contributed by atoms with Crippen LogP contribution in [0.25, 0.3) is 0 Å². The van der Waals surface area contributed by atoms with Crippen LogP contribution in [0.3, 0.4) is 0 Å².